The molecule has 5 atom stereocenters. The molecular formula is C33H43NO3. The highest BCUT2D eigenvalue weighted by Crippen LogP contribution is 2.62. The fourth-order valence-electron chi connectivity index (χ4n) is 8.53. The number of rotatable bonds is 7. The van der Waals surface area contributed by atoms with Crippen LogP contribution in [0.3, 0.4) is 0 Å². The third kappa shape index (κ3) is 4.54. The lowest BCUT2D eigenvalue weighted by molar-refractivity contribution is -0.128. The van der Waals surface area contributed by atoms with E-state index in [0.29, 0.717) is 30.1 Å². The van der Waals surface area contributed by atoms with Crippen LogP contribution in [0.5, 0.6) is 5.75 Å². The van der Waals surface area contributed by atoms with Crippen LogP contribution in [-0.4, -0.2) is 42.2 Å². The first kappa shape index (κ1) is 25.1. The Morgan fingerprint density at radius 2 is 1.81 bits per heavy atom. The van der Waals surface area contributed by atoms with Crippen molar-refractivity contribution in [2.75, 3.05) is 19.7 Å². The van der Waals surface area contributed by atoms with Crippen molar-refractivity contribution >= 4 is 11.6 Å². The van der Waals surface area contributed by atoms with E-state index in [1.54, 1.807) is 5.57 Å². The Labute approximate surface area is 222 Å². The van der Waals surface area contributed by atoms with Crippen molar-refractivity contribution in [3.63, 3.8) is 0 Å². The van der Waals surface area contributed by atoms with Gasteiger partial charge in [0, 0.05) is 30.2 Å². The molecule has 1 saturated heterocycles. The van der Waals surface area contributed by atoms with Gasteiger partial charge in [-0.25, -0.2) is 0 Å². The highest BCUT2D eigenvalue weighted by atomic mass is 16.5. The molecule has 6 rings (SSSR count). The highest BCUT2D eigenvalue weighted by molar-refractivity contribution is 5.93. The monoisotopic (exact) mass is 501 g/mol. The van der Waals surface area contributed by atoms with Crippen molar-refractivity contribution in [3.8, 4) is 5.75 Å². The first-order valence-electron chi connectivity index (χ1n) is 14.9. The second kappa shape index (κ2) is 10.2. The molecular weight excluding hydrogens is 458 g/mol. The third-order valence-corrected chi connectivity index (χ3v) is 10.4. The second-order valence-electron chi connectivity index (χ2n) is 12.5. The van der Waals surface area contributed by atoms with Crippen molar-refractivity contribution in [1.29, 1.82) is 0 Å². The maximum atomic E-state index is 13.2. The lowest BCUT2D eigenvalue weighted by Gasteiger charge is -2.50. The summed E-state index contributed by atoms with van der Waals surface area (Å²) in [5.74, 6) is 2.89. The van der Waals surface area contributed by atoms with Crippen LogP contribution in [0.1, 0.15) is 96.0 Å². The van der Waals surface area contributed by atoms with Crippen molar-refractivity contribution in [2.24, 2.45) is 17.3 Å². The number of nitrogens with zero attached hydrogens (tertiary/aromatic N) is 1. The molecule has 1 aromatic rings. The Morgan fingerprint density at radius 3 is 2.57 bits per heavy atom. The van der Waals surface area contributed by atoms with Crippen LogP contribution in [0.25, 0.3) is 0 Å². The van der Waals surface area contributed by atoms with Crippen molar-refractivity contribution < 1.29 is 14.3 Å². The number of allylic oxidation sites excluding steroid dienone is 4. The number of hydrogen-bond donors (Lipinski definition) is 0. The Balaban J connectivity index is 1.27. The number of benzene rings is 1. The summed E-state index contributed by atoms with van der Waals surface area (Å²) in [4.78, 5) is 28.0. The summed E-state index contributed by atoms with van der Waals surface area (Å²) in [6.07, 6.45) is 13.2. The molecule has 198 valence electrons. The zero-order valence-electron chi connectivity index (χ0n) is 22.8. The first-order valence-corrected chi connectivity index (χ1v) is 14.9. The van der Waals surface area contributed by atoms with Gasteiger partial charge in [-0.3, -0.25) is 14.5 Å². The van der Waals surface area contributed by atoms with Crippen LogP contribution >= 0.6 is 0 Å². The van der Waals surface area contributed by atoms with Crippen molar-refractivity contribution in [2.45, 2.75) is 96.4 Å². The van der Waals surface area contributed by atoms with E-state index in [0.717, 1.165) is 50.9 Å². The summed E-state index contributed by atoms with van der Waals surface area (Å²) in [6, 6.07) is 9.31. The lowest BCUT2D eigenvalue weighted by Crippen LogP contribution is -2.43. The van der Waals surface area contributed by atoms with Gasteiger partial charge in [0.05, 0.1) is 0 Å². The molecule has 4 heteroatoms. The SMILES string of the molecule is CCCC(COc1ccc([C@H]2C[C@]3(C)C(=O)CC[C@H]3[C@@H]3CCC4=CC(=O)CCC4=C32)cc1)N1CCCC1. The smallest absolute Gasteiger partial charge is 0.156 e. The van der Waals surface area contributed by atoms with Gasteiger partial charge < -0.3 is 4.74 Å². The van der Waals surface area contributed by atoms with Gasteiger partial charge in [0.1, 0.15) is 18.1 Å². The van der Waals surface area contributed by atoms with E-state index in [9.17, 15) is 9.59 Å². The summed E-state index contributed by atoms with van der Waals surface area (Å²) in [7, 11) is 0. The summed E-state index contributed by atoms with van der Waals surface area (Å²) in [6.45, 7) is 7.67. The van der Waals surface area contributed by atoms with Crippen molar-refractivity contribution in [1.82, 2.24) is 4.90 Å². The number of ether oxygens (including phenoxy) is 1. The Morgan fingerprint density at radius 1 is 1.03 bits per heavy atom. The molecule has 0 aromatic heterocycles. The number of ketones is 2. The number of hydrogen-bond acceptors (Lipinski definition) is 4. The van der Waals surface area contributed by atoms with Gasteiger partial charge in [-0.05, 0) is 111 Å². The minimum atomic E-state index is -0.219. The van der Waals surface area contributed by atoms with Crippen molar-refractivity contribution in [3.05, 3.63) is 52.6 Å². The zero-order valence-corrected chi connectivity index (χ0v) is 22.8. The molecule has 0 bridgehead atoms. The third-order valence-electron chi connectivity index (χ3n) is 10.4. The maximum Gasteiger partial charge on any atom is 0.156 e. The molecule has 4 aliphatic carbocycles. The molecule has 4 nitrogen and oxygen atoms in total. The average Bonchev–Trinajstić information content (AvgIpc) is 3.54. The molecule has 2 saturated carbocycles. The topological polar surface area (TPSA) is 46.6 Å². The molecule has 0 amide bonds. The van der Waals surface area contributed by atoms with Gasteiger partial charge in [0.15, 0.2) is 5.78 Å². The number of Topliss-reactive ketones (excluding diaryl/α,β-unsaturated/α-hetero) is 1. The average molecular weight is 502 g/mol. The molecule has 1 unspecified atom stereocenters. The van der Waals surface area contributed by atoms with Crippen LogP contribution in [0, 0.1) is 17.3 Å². The largest absolute Gasteiger partial charge is 0.492 e. The lowest BCUT2D eigenvalue weighted by atomic mass is 9.53. The van der Waals surface area contributed by atoms with E-state index >= 15 is 0 Å². The standard InChI is InChI=1S/C33H43NO3/c1-3-6-24(34-17-4-5-18-34)21-37-26-11-7-22(8-12-26)29-20-33(2)30(15-16-31(33)36)28-13-9-23-19-25(35)10-14-27(23)32(28)29/h7-8,11-12,19,24,28-30H,3-6,9-10,13-18,20-21H2,1-2H3/t24?,28-,29+,30-,33-/m0/s1. The number of carbonyl (C=O) groups is 2. The number of fused-ring (bicyclic) bond motifs is 4. The predicted octanol–water partition coefficient (Wildman–Crippen LogP) is 6.80. The fraction of sp³-hybridized carbons (Fsp3) is 0.636. The maximum absolute atomic E-state index is 13.2. The normalized spacial score (nSPS) is 32.6. The van der Waals surface area contributed by atoms with E-state index < -0.39 is 0 Å². The van der Waals surface area contributed by atoms with E-state index in [1.807, 2.05) is 6.08 Å². The van der Waals surface area contributed by atoms with Gasteiger partial charge in [0.25, 0.3) is 0 Å². The van der Waals surface area contributed by atoms with E-state index in [2.05, 4.69) is 43.0 Å². The van der Waals surface area contributed by atoms with Gasteiger partial charge in [-0.2, -0.15) is 0 Å². The van der Waals surface area contributed by atoms with Crippen LogP contribution in [0.4, 0.5) is 0 Å². The van der Waals surface area contributed by atoms with Gasteiger partial charge in [-0.1, -0.05) is 38.0 Å². The summed E-state index contributed by atoms with van der Waals surface area (Å²) < 4.78 is 6.33. The fourth-order valence-corrected chi connectivity index (χ4v) is 8.53. The van der Waals surface area contributed by atoms with Gasteiger partial charge in [-0.15, -0.1) is 0 Å². The van der Waals surface area contributed by atoms with E-state index in [1.165, 1.54) is 55.5 Å². The molecule has 1 aromatic carbocycles. The molecule has 0 N–H and O–H groups in total. The summed E-state index contributed by atoms with van der Waals surface area (Å²) in [5, 5.41) is 0. The van der Waals surface area contributed by atoms with Crippen LogP contribution in [0.15, 0.2) is 47.1 Å². The van der Waals surface area contributed by atoms with Gasteiger partial charge >= 0.3 is 0 Å². The zero-order chi connectivity index (χ0) is 25.6. The van der Waals surface area contributed by atoms with E-state index in [4.69, 9.17) is 4.74 Å². The quantitative estimate of drug-likeness (QED) is 0.412. The van der Waals surface area contributed by atoms with Crippen LogP contribution in [0.2, 0.25) is 0 Å². The van der Waals surface area contributed by atoms with Gasteiger partial charge in [0.2, 0.25) is 0 Å². The highest BCUT2D eigenvalue weighted by Gasteiger charge is 2.56. The molecule has 0 spiro atoms. The minimum absolute atomic E-state index is 0.219. The number of carbonyl (C=O) groups excluding carboxylic acids is 2. The molecule has 0 radical (unpaired) electrons. The Kier molecular flexibility index (Phi) is 6.90. The predicted molar refractivity (Wildman–Crippen MR) is 147 cm³/mol. The Bertz CT molecular complexity index is 1110. The summed E-state index contributed by atoms with van der Waals surface area (Å²) in [5.41, 5.74) is 5.39. The Hall–Kier alpha value is -2.20. The molecule has 1 heterocycles. The second-order valence-corrected chi connectivity index (χ2v) is 12.5. The minimum Gasteiger partial charge on any atom is -0.492 e. The molecule has 3 fully saturated rings. The molecule has 1 aliphatic heterocycles. The van der Waals surface area contributed by atoms with Crippen LogP contribution in [-0.2, 0) is 9.59 Å². The molecule has 37 heavy (non-hydrogen) atoms. The molecule has 5 aliphatic rings. The number of likely N-dealkylation sites (tertiary alicyclic amines) is 1. The van der Waals surface area contributed by atoms with E-state index in [-0.39, 0.29) is 17.1 Å². The summed E-state index contributed by atoms with van der Waals surface area (Å²) >= 11 is 0. The first-order chi connectivity index (χ1) is 18.0. The van der Waals surface area contributed by atoms with Crippen LogP contribution < -0.4 is 4.74 Å².